The van der Waals surface area contributed by atoms with Crippen molar-refractivity contribution in [2.75, 3.05) is 5.32 Å². The molecule has 0 spiro atoms. The van der Waals surface area contributed by atoms with Gasteiger partial charge in [0.2, 0.25) is 0 Å². The van der Waals surface area contributed by atoms with Crippen LogP contribution in [0.1, 0.15) is 38.4 Å². The molecule has 0 fully saturated rings. The molecule has 1 heterocycles. The van der Waals surface area contributed by atoms with Crippen LogP contribution in [0.4, 0.5) is 5.69 Å². The molecule has 0 radical (unpaired) electrons. The number of benzene rings is 1. The van der Waals surface area contributed by atoms with Gasteiger partial charge in [0.05, 0.1) is 11.9 Å². The van der Waals surface area contributed by atoms with E-state index in [4.69, 9.17) is 0 Å². The maximum absolute atomic E-state index is 4.33. The topological polar surface area (TPSA) is 29.9 Å². The van der Waals surface area contributed by atoms with Crippen molar-refractivity contribution in [3.63, 3.8) is 0 Å². The minimum absolute atomic E-state index is 0.215. The van der Waals surface area contributed by atoms with Crippen molar-refractivity contribution in [2.24, 2.45) is 0 Å². The molecule has 0 aliphatic carbocycles. The van der Waals surface area contributed by atoms with E-state index in [1.165, 1.54) is 5.56 Å². The van der Waals surface area contributed by atoms with E-state index in [0.717, 1.165) is 14.6 Å². The Hall–Kier alpha value is -0.810. The average Bonchev–Trinajstić information content (AvgIpc) is 2.77. The molecule has 19 heavy (non-hydrogen) atoms. The van der Waals surface area contributed by atoms with Crippen LogP contribution >= 0.6 is 31.9 Å². The SMILES string of the molecule is CC(Nc1cnn(C(C)C)c1)c1ccc(Br)cc1Br. The van der Waals surface area contributed by atoms with Crippen molar-refractivity contribution in [3.8, 4) is 0 Å². The number of hydrogen-bond donors (Lipinski definition) is 1. The lowest BCUT2D eigenvalue weighted by Crippen LogP contribution is -2.07. The van der Waals surface area contributed by atoms with Crippen molar-refractivity contribution in [3.05, 3.63) is 45.1 Å². The van der Waals surface area contributed by atoms with Crippen LogP contribution in [0.3, 0.4) is 0 Å². The Balaban J connectivity index is 2.13. The third-order valence-corrected chi connectivity index (χ3v) is 4.12. The van der Waals surface area contributed by atoms with Crippen LogP contribution in [0.2, 0.25) is 0 Å². The first-order valence-electron chi connectivity index (χ1n) is 6.23. The van der Waals surface area contributed by atoms with Crippen molar-refractivity contribution < 1.29 is 0 Å². The average molecular weight is 387 g/mol. The molecule has 0 saturated carbocycles. The summed E-state index contributed by atoms with van der Waals surface area (Å²) in [5.41, 5.74) is 2.26. The predicted octanol–water partition coefficient (Wildman–Crippen LogP) is 5.16. The van der Waals surface area contributed by atoms with Gasteiger partial charge in [-0.05, 0) is 38.5 Å². The summed E-state index contributed by atoms with van der Waals surface area (Å²) in [6, 6.07) is 6.82. The lowest BCUT2D eigenvalue weighted by atomic mass is 10.1. The highest BCUT2D eigenvalue weighted by atomic mass is 79.9. The Labute approximate surface area is 130 Å². The number of nitrogens with one attached hydrogen (secondary N) is 1. The first kappa shape index (κ1) is 14.6. The summed E-state index contributed by atoms with van der Waals surface area (Å²) >= 11 is 7.07. The van der Waals surface area contributed by atoms with Crippen LogP contribution in [-0.2, 0) is 0 Å². The van der Waals surface area contributed by atoms with Crippen LogP contribution in [0, 0.1) is 0 Å². The van der Waals surface area contributed by atoms with E-state index in [-0.39, 0.29) is 6.04 Å². The predicted molar refractivity (Wildman–Crippen MR) is 86.5 cm³/mol. The second kappa shape index (κ2) is 6.09. The number of halogens is 2. The maximum atomic E-state index is 4.33. The fourth-order valence-corrected chi connectivity index (χ4v) is 3.27. The van der Waals surface area contributed by atoms with E-state index in [1.807, 2.05) is 17.1 Å². The van der Waals surface area contributed by atoms with Crippen LogP contribution in [0.15, 0.2) is 39.5 Å². The van der Waals surface area contributed by atoms with E-state index in [0.29, 0.717) is 6.04 Å². The van der Waals surface area contributed by atoms with Gasteiger partial charge < -0.3 is 5.32 Å². The molecule has 1 atom stereocenters. The first-order valence-corrected chi connectivity index (χ1v) is 7.81. The molecule has 0 aliphatic rings. The molecule has 102 valence electrons. The van der Waals surface area contributed by atoms with Crippen LogP contribution in [0.25, 0.3) is 0 Å². The van der Waals surface area contributed by atoms with Crippen molar-refractivity contribution in [2.45, 2.75) is 32.9 Å². The van der Waals surface area contributed by atoms with Gasteiger partial charge in [-0.2, -0.15) is 5.10 Å². The van der Waals surface area contributed by atoms with Crippen molar-refractivity contribution in [1.82, 2.24) is 9.78 Å². The van der Waals surface area contributed by atoms with Gasteiger partial charge >= 0.3 is 0 Å². The smallest absolute Gasteiger partial charge is 0.0731 e. The third kappa shape index (κ3) is 3.60. The lowest BCUT2D eigenvalue weighted by molar-refractivity contribution is 0.532. The maximum Gasteiger partial charge on any atom is 0.0731 e. The Kier molecular flexibility index (Phi) is 4.68. The zero-order valence-electron chi connectivity index (χ0n) is 11.2. The van der Waals surface area contributed by atoms with Crippen molar-refractivity contribution in [1.29, 1.82) is 0 Å². The summed E-state index contributed by atoms with van der Waals surface area (Å²) in [7, 11) is 0. The van der Waals surface area contributed by atoms with Gasteiger partial charge in [-0.3, -0.25) is 4.68 Å². The van der Waals surface area contributed by atoms with Gasteiger partial charge in [-0.15, -0.1) is 0 Å². The fourth-order valence-electron chi connectivity index (χ4n) is 1.88. The fraction of sp³-hybridized carbons (Fsp3) is 0.357. The number of anilines is 1. The Morgan fingerprint density at radius 2 is 1.95 bits per heavy atom. The van der Waals surface area contributed by atoms with Crippen molar-refractivity contribution >= 4 is 37.5 Å². The standard InChI is InChI=1S/C14H17Br2N3/c1-9(2)19-8-12(7-17-19)18-10(3)13-5-4-11(15)6-14(13)16/h4-10,18H,1-3H3. The summed E-state index contributed by atoms with van der Waals surface area (Å²) in [5.74, 6) is 0. The molecule has 2 rings (SSSR count). The Morgan fingerprint density at radius 1 is 1.21 bits per heavy atom. The molecular formula is C14H17Br2N3. The molecule has 0 amide bonds. The Bertz CT molecular complexity index is 564. The first-order chi connectivity index (χ1) is 8.97. The van der Waals surface area contributed by atoms with Gasteiger partial charge in [0.25, 0.3) is 0 Å². The van der Waals surface area contributed by atoms with E-state index < -0.39 is 0 Å². The second-order valence-electron chi connectivity index (χ2n) is 4.83. The molecule has 1 N–H and O–H groups in total. The molecule has 1 aromatic heterocycles. The largest absolute Gasteiger partial charge is 0.376 e. The van der Waals surface area contributed by atoms with E-state index in [9.17, 15) is 0 Å². The number of nitrogens with zero attached hydrogens (tertiary/aromatic N) is 2. The second-order valence-corrected chi connectivity index (χ2v) is 6.60. The Morgan fingerprint density at radius 3 is 2.53 bits per heavy atom. The van der Waals surface area contributed by atoms with Gasteiger partial charge in [-0.25, -0.2) is 0 Å². The summed E-state index contributed by atoms with van der Waals surface area (Å²) in [4.78, 5) is 0. The van der Waals surface area contributed by atoms with Gasteiger partial charge in [0.1, 0.15) is 0 Å². The third-order valence-electron chi connectivity index (χ3n) is 2.94. The minimum atomic E-state index is 0.215. The van der Waals surface area contributed by atoms with Crippen LogP contribution in [0.5, 0.6) is 0 Å². The minimum Gasteiger partial charge on any atom is -0.376 e. The van der Waals surface area contributed by atoms with E-state index in [2.05, 4.69) is 81.2 Å². The highest BCUT2D eigenvalue weighted by molar-refractivity contribution is 9.11. The van der Waals surface area contributed by atoms with E-state index >= 15 is 0 Å². The monoisotopic (exact) mass is 385 g/mol. The molecule has 2 aromatic rings. The van der Waals surface area contributed by atoms with Gasteiger partial charge in [-0.1, -0.05) is 37.9 Å². The number of aromatic nitrogens is 2. The summed E-state index contributed by atoms with van der Waals surface area (Å²) in [5, 5.41) is 7.80. The summed E-state index contributed by atoms with van der Waals surface area (Å²) < 4.78 is 4.12. The zero-order valence-corrected chi connectivity index (χ0v) is 14.4. The highest BCUT2D eigenvalue weighted by Crippen LogP contribution is 2.29. The molecular weight excluding hydrogens is 370 g/mol. The van der Waals surface area contributed by atoms with Gasteiger partial charge in [0, 0.05) is 27.2 Å². The molecule has 0 saturated heterocycles. The number of rotatable bonds is 4. The molecule has 0 bridgehead atoms. The molecule has 5 heteroatoms. The molecule has 3 nitrogen and oxygen atoms in total. The molecule has 1 unspecified atom stereocenters. The molecule has 0 aliphatic heterocycles. The summed E-state index contributed by atoms with van der Waals surface area (Å²) in [6.45, 7) is 6.37. The molecule has 1 aromatic carbocycles. The lowest BCUT2D eigenvalue weighted by Gasteiger charge is -2.16. The highest BCUT2D eigenvalue weighted by Gasteiger charge is 2.11. The van der Waals surface area contributed by atoms with Crippen LogP contribution < -0.4 is 5.32 Å². The normalized spacial score (nSPS) is 12.7. The summed E-state index contributed by atoms with van der Waals surface area (Å²) in [6.07, 6.45) is 3.90. The van der Waals surface area contributed by atoms with Crippen LogP contribution in [-0.4, -0.2) is 9.78 Å². The quantitative estimate of drug-likeness (QED) is 0.786. The zero-order chi connectivity index (χ0) is 14.0. The van der Waals surface area contributed by atoms with Gasteiger partial charge in [0.15, 0.2) is 0 Å². The van der Waals surface area contributed by atoms with E-state index in [1.54, 1.807) is 0 Å². The number of hydrogen-bond acceptors (Lipinski definition) is 2.